The van der Waals surface area contributed by atoms with E-state index in [1.807, 2.05) is 25.4 Å². The molecule has 86 valence electrons. The second-order valence-corrected chi connectivity index (χ2v) is 4.38. The van der Waals surface area contributed by atoms with E-state index in [2.05, 4.69) is 17.4 Å². The van der Waals surface area contributed by atoms with Crippen LogP contribution < -0.4 is 5.32 Å². The van der Waals surface area contributed by atoms with Gasteiger partial charge in [-0.2, -0.15) is 0 Å². The smallest absolute Gasteiger partial charge is 0.0876 e. The number of halogens is 1. The van der Waals surface area contributed by atoms with Crippen molar-refractivity contribution in [2.45, 2.75) is 18.9 Å². The molecule has 0 saturated heterocycles. The third kappa shape index (κ3) is 2.57. The van der Waals surface area contributed by atoms with Crippen molar-refractivity contribution in [3.63, 3.8) is 0 Å². The normalized spacial score (nSPS) is 17.5. The molecule has 0 radical (unpaired) electrons. The molecule has 1 heterocycles. The summed E-state index contributed by atoms with van der Waals surface area (Å²) in [6, 6.07) is 8.19. The molecule has 0 saturated carbocycles. The van der Waals surface area contributed by atoms with Crippen LogP contribution in [0.2, 0.25) is 5.02 Å². The number of likely N-dealkylation sites (N-methyl/N-ethyl adjacent to an activating group) is 1. The van der Waals surface area contributed by atoms with Crippen LogP contribution >= 0.6 is 11.6 Å². The maximum absolute atomic E-state index is 5.89. The highest BCUT2D eigenvalue weighted by Gasteiger charge is 2.16. The lowest BCUT2D eigenvalue weighted by atomic mass is 9.95. The first-order valence-corrected chi connectivity index (χ1v) is 5.92. The minimum absolute atomic E-state index is 0.234. The standard InChI is InChI=1S/C13H16ClNO/c1-15-13(11-3-2-8-16-9-11)10-4-6-12(14)7-5-10/h4-7,9,13,15H,2-3,8H2,1H3. The molecule has 1 aromatic rings. The molecule has 0 bridgehead atoms. The molecule has 1 aliphatic rings. The summed E-state index contributed by atoms with van der Waals surface area (Å²) in [4.78, 5) is 0. The van der Waals surface area contributed by atoms with Crippen LogP contribution in [-0.4, -0.2) is 13.7 Å². The second kappa shape index (κ2) is 5.37. The minimum Gasteiger partial charge on any atom is -0.501 e. The molecule has 0 spiro atoms. The van der Waals surface area contributed by atoms with Gasteiger partial charge in [0.25, 0.3) is 0 Å². The lowest BCUT2D eigenvalue weighted by Gasteiger charge is -2.23. The predicted octanol–water partition coefficient (Wildman–Crippen LogP) is 3.29. The van der Waals surface area contributed by atoms with Crippen LogP contribution in [0.4, 0.5) is 0 Å². The van der Waals surface area contributed by atoms with Crippen LogP contribution in [0, 0.1) is 0 Å². The Morgan fingerprint density at radius 1 is 1.31 bits per heavy atom. The molecule has 0 aromatic heterocycles. The Kier molecular flexibility index (Phi) is 3.86. The van der Waals surface area contributed by atoms with E-state index >= 15 is 0 Å². The molecule has 16 heavy (non-hydrogen) atoms. The second-order valence-electron chi connectivity index (χ2n) is 3.94. The lowest BCUT2D eigenvalue weighted by Crippen LogP contribution is -2.20. The van der Waals surface area contributed by atoms with Gasteiger partial charge in [0.15, 0.2) is 0 Å². The zero-order valence-electron chi connectivity index (χ0n) is 9.37. The van der Waals surface area contributed by atoms with Gasteiger partial charge < -0.3 is 10.1 Å². The lowest BCUT2D eigenvalue weighted by molar-refractivity contribution is 0.220. The van der Waals surface area contributed by atoms with Crippen molar-refractivity contribution in [1.29, 1.82) is 0 Å². The number of ether oxygens (including phenoxy) is 1. The summed E-state index contributed by atoms with van der Waals surface area (Å²) in [7, 11) is 1.97. The number of nitrogens with one attached hydrogen (secondary N) is 1. The molecule has 1 atom stereocenters. The van der Waals surface area contributed by atoms with Crippen molar-refractivity contribution in [2.75, 3.05) is 13.7 Å². The first-order valence-electron chi connectivity index (χ1n) is 5.54. The summed E-state index contributed by atoms with van der Waals surface area (Å²) < 4.78 is 5.38. The van der Waals surface area contributed by atoms with Gasteiger partial charge in [-0.3, -0.25) is 0 Å². The average molecular weight is 238 g/mol. The molecule has 2 nitrogen and oxygen atoms in total. The molecule has 2 rings (SSSR count). The fourth-order valence-electron chi connectivity index (χ4n) is 2.02. The molecule has 1 aliphatic heterocycles. The van der Waals surface area contributed by atoms with Gasteiger partial charge in [0.2, 0.25) is 0 Å². The van der Waals surface area contributed by atoms with Crippen molar-refractivity contribution in [3.05, 3.63) is 46.7 Å². The van der Waals surface area contributed by atoms with Crippen LogP contribution in [0.25, 0.3) is 0 Å². The first-order chi connectivity index (χ1) is 7.81. The van der Waals surface area contributed by atoms with Gasteiger partial charge in [0.1, 0.15) is 0 Å². The highest BCUT2D eigenvalue weighted by molar-refractivity contribution is 6.30. The van der Waals surface area contributed by atoms with Crippen LogP contribution in [0.5, 0.6) is 0 Å². The zero-order valence-corrected chi connectivity index (χ0v) is 10.1. The largest absolute Gasteiger partial charge is 0.501 e. The Morgan fingerprint density at radius 3 is 2.62 bits per heavy atom. The topological polar surface area (TPSA) is 21.3 Å². The van der Waals surface area contributed by atoms with E-state index in [9.17, 15) is 0 Å². The van der Waals surface area contributed by atoms with Gasteiger partial charge in [0, 0.05) is 5.02 Å². The summed E-state index contributed by atoms with van der Waals surface area (Å²) in [6.07, 6.45) is 4.07. The summed E-state index contributed by atoms with van der Waals surface area (Å²) in [5.41, 5.74) is 2.53. The van der Waals surface area contributed by atoms with Crippen molar-refractivity contribution < 1.29 is 4.74 Å². The van der Waals surface area contributed by atoms with Crippen molar-refractivity contribution in [2.24, 2.45) is 0 Å². The number of rotatable bonds is 3. The number of hydrogen-bond donors (Lipinski definition) is 1. The average Bonchev–Trinajstić information content (AvgIpc) is 2.34. The summed E-state index contributed by atoms with van der Waals surface area (Å²) in [5, 5.41) is 4.09. The van der Waals surface area contributed by atoms with Gasteiger partial charge in [-0.25, -0.2) is 0 Å². The SMILES string of the molecule is CNC(C1=COCCC1)c1ccc(Cl)cc1. The molecule has 0 amide bonds. The molecule has 1 aromatic carbocycles. The molecule has 1 N–H and O–H groups in total. The Morgan fingerprint density at radius 2 is 2.06 bits per heavy atom. The maximum Gasteiger partial charge on any atom is 0.0876 e. The van der Waals surface area contributed by atoms with E-state index < -0.39 is 0 Å². The van der Waals surface area contributed by atoms with Gasteiger partial charge in [0.05, 0.1) is 18.9 Å². The van der Waals surface area contributed by atoms with Gasteiger partial charge in [-0.05, 0) is 43.2 Å². The maximum atomic E-state index is 5.89. The van der Waals surface area contributed by atoms with Crippen molar-refractivity contribution >= 4 is 11.6 Å². The van der Waals surface area contributed by atoms with Crippen LogP contribution in [-0.2, 0) is 4.74 Å². The number of hydrogen-bond acceptors (Lipinski definition) is 2. The molecule has 0 aliphatic carbocycles. The third-order valence-electron chi connectivity index (χ3n) is 2.83. The summed E-state index contributed by atoms with van der Waals surface area (Å²) >= 11 is 5.89. The Bertz CT molecular complexity index is 372. The quantitative estimate of drug-likeness (QED) is 0.871. The molecular formula is C13H16ClNO. The van der Waals surface area contributed by atoms with Crippen LogP contribution in [0.3, 0.4) is 0 Å². The van der Waals surface area contributed by atoms with E-state index in [0.29, 0.717) is 0 Å². The molecular weight excluding hydrogens is 222 g/mol. The minimum atomic E-state index is 0.234. The first kappa shape index (κ1) is 11.5. The molecule has 3 heteroatoms. The Hall–Kier alpha value is -0.990. The Balaban J connectivity index is 2.21. The summed E-state index contributed by atoms with van der Waals surface area (Å²) in [5.74, 6) is 0. The van der Waals surface area contributed by atoms with Gasteiger partial charge >= 0.3 is 0 Å². The van der Waals surface area contributed by atoms with E-state index in [4.69, 9.17) is 16.3 Å². The highest BCUT2D eigenvalue weighted by atomic mass is 35.5. The third-order valence-corrected chi connectivity index (χ3v) is 3.08. The highest BCUT2D eigenvalue weighted by Crippen LogP contribution is 2.27. The predicted molar refractivity (Wildman–Crippen MR) is 66.5 cm³/mol. The summed E-state index contributed by atoms with van der Waals surface area (Å²) in [6.45, 7) is 0.834. The van der Waals surface area contributed by atoms with Crippen LogP contribution in [0.1, 0.15) is 24.4 Å². The van der Waals surface area contributed by atoms with Gasteiger partial charge in [-0.1, -0.05) is 23.7 Å². The van der Waals surface area contributed by atoms with E-state index in [1.165, 1.54) is 11.1 Å². The fourth-order valence-corrected chi connectivity index (χ4v) is 2.14. The van der Waals surface area contributed by atoms with Crippen LogP contribution in [0.15, 0.2) is 36.1 Å². The monoisotopic (exact) mass is 237 g/mol. The number of benzene rings is 1. The van der Waals surface area contributed by atoms with Gasteiger partial charge in [-0.15, -0.1) is 0 Å². The Labute approximate surface area is 101 Å². The van der Waals surface area contributed by atoms with Crippen molar-refractivity contribution in [1.82, 2.24) is 5.32 Å². The van der Waals surface area contributed by atoms with Crippen molar-refractivity contribution in [3.8, 4) is 0 Å². The zero-order chi connectivity index (χ0) is 11.4. The fraction of sp³-hybridized carbons (Fsp3) is 0.385. The molecule has 0 fully saturated rings. The molecule has 1 unspecified atom stereocenters. The van der Waals surface area contributed by atoms with E-state index in [0.717, 1.165) is 24.5 Å². The van der Waals surface area contributed by atoms with E-state index in [1.54, 1.807) is 0 Å². The van der Waals surface area contributed by atoms with E-state index in [-0.39, 0.29) is 6.04 Å².